The van der Waals surface area contributed by atoms with E-state index in [-0.39, 0.29) is 18.1 Å². The van der Waals surface area contributed by atoms with Crippen LogP contribution in [0.25, 0.3) is 0 Å². The summed E-state index contributed by atoms with van der Waals surface area (Å²) >= 11 is 0. The normalized spacial score (nSPS) is 15.8. The van der Waals surface area contributed by atoms with Crippen molar-refractivity contribution in [3.8, 4) is 11.8 Å². The van der Waals surface area contributed by atoms with Gasteiger partial charge in [-0.25, -0.2) is 0 Å². The third-order valence-corrected chi connectivity index (χ3v) is 3.83. The summed E-state index contributed by atoms with van der Waals surface area (Å²) in [5, 5.41) is 11.8. The van der Waals surface area contributed by atoms with Crippen LogP contribution in [-0.2, 0) is 0 Å². The average molecular weight is 271 g/mol. The van der Waals surface area contributed by atoms with Crippen LogP contribution in [0, 0.1) is 18.8 Å². The Balaban J connectivity index is 2.14. The zero-order valence-corrected chi connectivity index (χ0v) is 12.1. The maximum Gasteiger partial charge on any atom is 0.251 e. The molecule has 20 heavy (non-hydrogen) atoms. The Labute approximate surface area is 120 Å². The zero-order chi connectivity index (χ0) is 14.6. The van der Waals surface area contributed by atoms with E-state index in [1.54, 1.807) is 0 Å². The second-order valence-corrected chi connectivity index (χ2v) is 5.67. The molecular weight excluding hydrogens is 250 g/mol. The van der Waals surface area contributed by atoms with Gasteiger partial charge < -0.3 is 10.4 Å². The van der Waals surface area contributed by atoms with E-state index in [9.17, 15) is 4.79 Å². The fraction of sp³-hybridized carbons (Fsp3) is 0.471. The van der Waals surface area contributed by atoms with Crippen molar-refractivity contribution in [2.75, 3.05) is 6.61 Å². The van der Waals surface area contributed by atoms with Crippen LogP contribution in [0.4, 0.5) is 0 Å². The van der Waals surface area contributed by atoms with Crippen molar-refractivity contribution in [3.05, 3.63) is 34.9 Å². The number of aryl methyl sites for hydroxylation is 1. The molecule has 0 bridgehead atoms. The minimum Gasteiger partial charge on any atom is -0.395 e. The lowest BCUT2D eigenvalue weighted by atomic mass is 9.78. The molecule has 106 valence electrons. The van der Waals surface area contributed by atoms with E-state index in [4.69, 9.17) is 5.11 Å². The van der Waals surface area contributed by atoms with Crippen LogP contribution in [0.2, 0.25) is 0 Å². The summed E-state index contributed by atoms with van der Waals surface area (Å²) in [4.78, 5) is 12.2. The standard InChI is InChI=1S/C17H21NO2/c1-13-7-8-15(12-14(13)6-3-4-11-19)16(20)18-17(2)9-5-10-17/h7-8,12,19H,4-5,9-11H2,1-2H3,(H,18,20). The Morgan fingerprint density at radius 3 is 2.80 bits per heavy atom. The first-order valence-electron chi connectivity index (χ1n) is 7.07. The lowest BCUT2D eigenvalue weighted by Gasteiger charge is -2.39. The highest BCUT2D eigenvalue weighted by Crippen LogP contribution is 2.31. The summed E-state index contributed by atoms with van der Waals surface area (Å²) < 4.78 is 0. The van der Waals surface area contributed by atoms with Gasteiger partial charge in [-0.05, 0) is 50.8 Å². The average Bonchev–Trinajstić information content (AvgIpc) is 2.39. The van der Waals surface area contributed by atoms with Crippen molar-refractivity contribution in [2.24, 2.45) is 0 Å². The number of rotatable bonds is 3. The molecule has 2 N–H and O–H groups in total. The highest BCUT2D eigenvalue weighted by atomic mass is 16.2. The van der Waals surface area contributed by atoms with Crippen molar-refractivity contribution in [1.29, 1.82) is 0 Å². The van der Waals surface area contributed by atoms with Crippen LogP contribution in [0.1, 0.15) is 54.1 Å². The Hall–Kier alpha value is -1.79. The van der Waals surface area contributed by atoms with Gasteiger partial charge in [-0.3, -0.25) is 4.79 Å². The maximum atomic E-state index is 12.2. The topological polar surface area (TPSA) is 49.3 Å². The van der Waals surface area contributed by atoms with E-state index in [0.717, 1.165) is 24.0 Å². The fourth-order valence-corrected chi connectivity index (χ4v) is 2.29. The zero-order valence-electron chi connectivity index (χ0n) is 12.1. The van der Waals surface area contributed by atoms with Gasteiger partial charge in [-0.1, -0.05) is 17.9 Å². The molecule has 0 spiro atoms. The first-order valence-corrected chi connectivity index (χ1v) is 7.07. The summed E-state index contributed by atoms with van der Waals surface area (Å²) in [5.41, 5.74) is 2.51. The van der Waals surface area contributed by atoms with Gasteiger partial charge in [0.25, 0.3) is 5.91 Å². The Morgan fingerprint density at radius 1 is 1.45 bits per heavy atom. The van der Waals surface area contributed by atoms with Gasteiger partial charge in [0.2, 0.25) is 0 Å². The van der Waals surface area contributed by atoms with Gasteiger partial charge >= 0.3 is 0 Å². The van der Waals surface area contributed by atoms with Crippen molar-refractivity contribution in [1.82, 2.24) is 5.32 Å². The first-order chi connectivity index (χ1) is 9.54. The molecule has 0 heterocycles. The van der Waals surface area contributed by atoms with Gasteiger partial charge in [0.1, 0.15) is 0 Å². The summed E-state index contributed by atoms with van der Waals surface area (Å²) in [7, 11) is 0. The number of nitrogens with one attached hydrogen (secondary N) is 1. The predicted octanol–water partition coefficient (Wildman–Crippen LogP) is 2.40. The third-order valence-electron chi connectivity index (χ3n) is 3.83. The molecule has 3 heteroatoms. The largest absolute Gasteiger partial charge is 0.395 e. The predicted molar refractivity (Wildman–Crippen MR) is 79.5 cm³/mol. The quantitative estimate of drug-likeness (QED) is 0.829. The molecular formula is C17H21NO2. The van der Waals surface area contributed by atoms with E-state index in [0.29, 0.717) is 12.0 Å². The van der Waals surface area contributed by atoms with Crippen LogP contribution in [0.3, 0.4) is 0 Å². The Kier molecular flexibility index (Phi) is 4.46. The number of hydrogen-bond acceptors (Lipinski definition) is 2. The minimum atomic E-state index is -0.0370. The number of benzene rings is 1. The fourth-order valence-electron chi connectivity index (χ4n) is 2.29. The molecule has 2 rings (SSSR count). The molecule has 1 aromatic carbocycles. The second-order valence-electron chi connectivity index (χ2n) is 5.67. The lowest BCUT2D eigenvalue weighted by molar-refractivity contribution is 0.0850. The number of amides is 1. The van der Waals surface area contributed by atoms with E-state index in [1.165, 1.54) is 6.42 Å². The van der Waals surface area contributed by atoms with Crippen molar-refractivity contribution in [3.63, 3.8) is 0 Å². The monoisotopic (exact) mass is 271 g/mol. The number of carbonyl (C=O) groups is 1. The van der Waals surface area contributed by atoms with E-state index < -0.39 is 0 Å². The summed E-state index contributed by atoms with van der Waals surface area (Å²) in [6.45, 7) is 4.12. The highest BCUT2D eigenvalue weighted by Gasteiger charge is 2.33. The van der Waals surface area contributed by atoms with Crippen LogP contribution < -0.4 is 5.32 Å². The molecule has 0 aliphatic heterocycles. The van der Waals surface area contributed by atoms with Crippen LogP contribution in [0.5, 0.6) is 0 Å². The SMILES string of the molecule is Cc1ccc(C(=O)NC2(C)CCC2)cc1C#CCCO. The van der Waals surface area contributed by atoms with Gasteiger partial charge in [0.05, 0.1) is 6.61 Å². The lowest BCUT2D eigenvalue weighted by Crippen LogP contribution is -2.50. The van der Waals surface area contributed by atoms with Crippen LogP contribution in [-0.4, -0.2) is 23.2 Å². The molecule has 0 atom stereocenters. The molecule has 0 aromatic heterocycles. The Bertz CT molecular complexity index is 562. The van der Waals surface area contributed by atoms with Gasteiger partial charge in [0, 0.05) is 23.1 Å². The van der Waals surface area contributed by atoms with E-state index in [2.05, 4.69) is 24.1 Å². The molecule has 1 saturated carbocycles. The summed E-state index contributed by atoms with van der Waals surface area (Å²) in [6.07, 6.45) is 3.73. The number of aliphatic hydroxyl groups excluding tert-OH is 1. The van der Waals surface area contributed by atoms with Crippen LogP contribution in [0.15, 0.2) is 18.2 Å². The molecule has 0 unspecified atom stereocenters. The molecule has 1 aliphatic carbocycles. The summed E-state index contributed by atoms with van der Waals surface area (Å²) in [5.74, 6) is 5.88. The van der Waals surface area contributed by atoms with Crippen molar-refractivity contribution < 1.29 is 9.90 Å². The van der Waals surface area contributed by atoms with E-state index in [1.807, 2.05) is 25.1 Å². The van der Waals surface area contributed by atoms with Crippen molar-refractivity contribution in [2.45, 2.75) is 45.1 Å². The van der Waals surface area contributed by atoms with E-state index >= 15 is 0 Å². The van der Waals surface area contributed by atoms with Gasteiger partial charge in [0.15, 0.2) is 0 Å². The third kappa shape index (κ3) is 3.40. The molecule has 1 fully saturated rings. The molecule has 3 nitrogen and oxygen atoms in total. The Morgan fingerprint density at radius 2 is 2.20 bits per heavy atom. The molecule has 0 saturated heterocycles. The smallest absolute Gasteiger partial charge is 0.251 e. The minimum absolute atomic E-state index is 0.0302. The van der Waals surface area contributed by atoms with Gasteiger partial charge in [-0.15, -0.1) is 0 Å². The molecule has 1 aliphatic rings. The number of aliphatic hydroxyl groups is 1. The molecule has 1 aromatic rings. The van der Waals surface area contributed by atoms with Crippen LogP contribution >= 0.6 is 0 Å². The van der Waals surface area contributed by atoms with Gasteiger partial charge in [-0.2, -0.15) is 0 Å². The highest BCUT2D eigenvalue weighted by molar-refractivity contribution is 5.95. The summed E-state index contributed by atoms with van der Waals surface area (Å²) in [6, 6.07) is 5.59. The maximum absolute atomic E-state index is 12.2. The number of carbonyl (C=O) groups excluding carboxylic acids is 1. The second kappa shape index (κ2) is 6.11. The van der Waals surface area contributed by atoms with Crippen molar-refractivity contribution >= 4 is 5.91 Å². The first kappa shape index (κ1) is 14.6. The molecule has 1 amide bonds. The molecule has 0 radical (unpaired) electrons. The number of hydrogen-bond donors (Lipinski definition) is 2.